The molecule has 2 heterocycles. The predicted molar refractivity (Wildman–Crippen MR) is 128 cm³/mol. The molecule has 0 aliphatic heterocycles. The maximum Gasteiger partial charge on any atom is 0.337 e. The van der Waals surface area contributed by atoms with Gasteiger partial charge in [-0.3, -0.25) is 14.2 Å². The number of fused-ring (bicyclic) bond motifs is 1. The van der Waals surface area contributed by atoms with Crippen molar-refractivity contribution in [1.82, 2.24) is 9.55 Å². The molecule has 0 saturated carbocycles. The van der Waals surface area contributed by atoms with E-state index >= 15 is 0 Å². The van der Waals surface area contributed by atoms with E-state index in [-0.39, 0.29) is 35.2 Å². The van der Waals surface area contributed by atoms with Crippen molar-refractivity contribution in [3.63, 3.8) is 0 Å². The summed E-state index contributed by atoms with van der Waals surface area (Å²) in [6, 6.07) is 5.99. The second-order valence-electron chi connectivity index (χ2n) is 8.47. The first-order valence-corrected chi connectivity index (χ1v) is 11.7. The number of thiophene rings is 1. The fraction of sp³-hybridized carbons (Fsp3) is 0.417. The molecule has 0 aliphatic rings. The van der Waals surface area contributed by atoms with Crippen LogP contribution in [0, 0.1) is 0 Å². The Morgan fingerprint density at radius 3 is 2.31 bits per heavy atom. The Bertz CT molecular complexity index is 1200. The molecule has 2 aromatic heterocycles. The molecule has 7 nitrogen and oxygen atoms in total. The van der Waals surface area contributed by atoms with E-state index in [1.165, 1.54) is 9.95 Å². The van der Waals surface area contributed by atoms with E-state index in [0.29, 0.717) is 17.1 Å². The zero-order valence-electron chi connectivity index (χ0n) is 19.1. The van der Waals surface area contributed by atoms with E-state index in [9.17, 15) is 19.5 Å². The second kappa shape index (κ2) is 9.65. The van der Waals surface area contributed by atoms with Crippen LogP contribution in [0.2, 0.25) is 0 Å². The minimum atomic E-state index is -1.18. The molecule has 170 valence electrons. The molecule has 2 N–H and O–H groups in total. The van der Waals surface area contributed by atoms with Gasteiger partial charge in [-0.2, -0.15) is 0 Å². The van der Waals surface area contributed by atoms with Crippen LogP contribution in [0.25, 0.3) is 10.2 Å². The van der Waals surface area contributed by atoms with Gasteiger partial charge in [0.05, 0.1) is 10.9 Å². The zero-order chi connectivity index (χ0) is 23.6. The summed E-state index contributed by atoms with van der Waals surface area (Å²) in [5.41, 5.74) is 2.28. The molecule has 3 aromatic rings. The highest BCUT2D eigenvalue weighted by molar-refractivity contribution is 7.17. The number of anilines is 1. The third-order valence-electron chi connectivity index (χ3n) is 5.42. The summed E-state index contributed by atoms with van der Waals surface area (Å²) in [5.74, 6) is -0.608. The van der Waals surface area contributed by atoms with Crippen LogP contribution in [0.15, 0.2) is 28.4 Å². The maximum atomic E-state index is 13.2. The van der Waals surface area contributed by atoms with Gasteiger partial charge in [-0.1, -0.05) is 52.8 Å². The molecule has 8 heteroatoms. The van der Waals surface area contributed by atoms with Crippen molar-refractivity contribution < 1.29 is 14.7 Å². The van der Waals surface area contributed by atoms with Gasteiger partial charge in [-0.15, -0.1) is 11.3 Å². The van der Waals surface area contributed by atoms with Crippen molar-refractivity contribution in [3.05, 3.63) is 56.4 Å². The third-order valence-corrected chi connectivity index (χ3v) is 6.29. The normalized spacial score (nSPS) is 11.5. The number of carbonyl (C=O) groups excluding carboxylic acids is 1. The Labute approximate surface area is 191 Å². The number of hydrogen-bond acceptors (Lipinski definition) is 5. The van der Waals surface area contributed by atoms with Crippen LogP contribution in [0.1, 0.15) is 80.2 Å². The first kappa shape index (κ1) is 23.7. The van der Waals surface area contributed by atoms with Crippen LogP contribution in [-0.2, 0) is 17.8 Å². The Balaban J connectivity index is 2.05. The first-order chi connectivity index (χ1) is 15.1. The van der Waals surface area contributed by atoms with Gasteiger partial charge in [-0.25, -0.2) is 9.78 Å². The Kier molecular flexibility index (Phi) is 7.13. The molecule has 1 aromatic carbocycles. The van der Waals surface area contributed by atoms with Crippen molar-refractivity contribution in [2.75, 3.05) is 5.32 Å². The topological polar surface area (TPSA) is 101 Å². The van der Waals surface area contributed by atoms with Gasteiger partial charge < -0.3 is 10.4 Å². The largest absolute Gasteiger partial charge is 0.478 e. The number of amides is 1. The number of nitrogens with zero attached hydrogens (tertiary/aromatic N) is 2. The van der Waals surface area contributed by atoms with Crippen LogP contribution in [0.4, 0.5) is 5.69 Å². The van der Waals surface area contributed by atoms with Crippen molar-refractivity contribution >= 4 is 39.1 Å². The number of benzene rings is 1. The summed E-state index contributed by atoms with van der Waals surface area (Å²) < 4.78 is 1.31. The number of carboxylic acids is 1. The van der Waals surface area contributed by atoms with Crippen molar-refractivity contribution in [1.29, 1.82) is 0 Å². The summed E-state index contributed by atoms with van der Waals surface area (Å²) in [4.78, 5) is 42.8. The number of aromatic nitrogens is 2. The maximum absolute atomic E-state index is 13.2. The van der Waals surface area contributed by atoms with Crippen molar-refractivity contribution in [2.45, 2.75) is 65.8 Å². The zero-order valence-corrected chi connectivity index (χ0v) is 19.9. The highest BCUT2D eigenvalue weighted by Gasteiger charge is 2.22. The van der Waals surface area contributed by atoms with E-state index < -0.39 is 11.5 Å². The summed E-state index contributed by atoms with van der Waals surface area (Å²) in [6.07, 6.45) is 1.25. The molecule has 0 fully saturated rings. The van der Waals surface area contributed by atoms with Crippen molar-refractivity contribution in [3.8, 4) is 0 Å². The summed E-state index contributed by atoms with van der Waals surface area (Å²) >= 11 is 1.13. The molecular weight excluding hydrogens is 426 g/mol. The number of nitrogens with one attached hydrogen (secondary N) is 1. The lowest BCUT2D eigenvalue weighted by atomic mass is 9.92. The molecule has 0 atom stereocenters. The van der Waals surface area contributed by atoms with E-state index in [4.69, 9.17) is 0 Å². The molecule has 0 aliphatic carbocycles. The van der Waals surface area contributed by atoms with Gasteiger partial charge in [-0.05, 0) is 29.4 Å². The number of hydrogen-bond donors (Lipinski definition) is 2. The van der Waals surface area contributed by atoms with E-state index in [1.54, 1.807) is 0 Å². The molecule has 32 heavy (non-hydrogen) atoms. The Morgan fingerprint density at radius 1 is 1.16 bits per heavy atom. The number of rotatable bonds is 8. The molecule has 0 saturated heterocycles. The minimum absolute atomic E-state index is 0.0561. The van der Waals surface area contributed by atoms with Crippen LogP contribution < -0.4 is 10.9 Å². The predicted octanol–water partition coefficient (Wildman–Crippen LogP) is 4.99. The average molecular weight is 456 g/mol. The van der Waals surface area contributed by atoms with E-state index in [2.05, 4.69) is 38.0 Å². The van der Waals surface area contributed by atoms with Crippen molar-refractivity contribution in [2.24, 2.45) is 0 Å². The van der Waals surface area contributed by atoms with Crippen LogP contribution in [0.3, 0.4) is 0 Å². The number of aromatic carboxylic acids is 1. The molecule has 0 spiro atoms. The van der Waals surface area contributed by atoms with E-state index in [0.717, 1.165) is 34.6 Å². The summed E-state index contributed by atoms with van der Waals surface area (Å²) in [7, 11) is 0. The quantitative estimate of drug-likeness (QED) is 0.498. The fourth-order valence-electron chi connectivity index (χ4n) is 3.82. The molecule has 3 rings (SSSR count). The second-order valence-corrected chi connectivity index (χ2v) is 9.33. The molecular formula is C24H29N3O4S. The number of para-hydroxylation sites is 1. The molecule has 1 amide bonds. The van der Waals surface area contributed by atoms with Gasteiger partial charge in [0.15, 0.2) is 0 Å². The monoisotopic (exact) mass is 455 g/mol. The molecule has 0 bridgehead atoms. The highest BCUT2D eigenvalue weighted by atomic mass is 32.1. The molecule has 0 unspecified atom stereocenters. The van der Waals surface area contributed by atoms with Gasteiger partial charge in [0.2, 0.25) is 5.91 Å². The minimum Gasteiger partial charge on any atom is -0.478 e. The highest BCUT2D eigenvalue weighted by Crippen LogP contribution is 2.32. The van der Waals surface area contributed by atoms with Gasteiger partial charge in [0.25, 0.3) is 5.56 Å². The summed E-state index contributed by atoms with van der Waals surface area (Å²) in [6.45, 7) is 10.0. The lowest BCUT2D eigenvalue weighted by Gasteiger charge is -2.20. The standard InChI is InChI=1S/C24H29N3O4S/c1-6-8-18-25-22-20(17(12-32-22)24(30)31)23(29)27(18)11-19(28)26-21-15(13(2)3)9-7-10-16(21)14(4)5/h7,9-10,12-14H,6,8,11H2,1-5H3,(H,26,28)(H,30,31). The first-order valence-electron chi connectivity index (χ1n) is 10.8. The Hall–Kier alpha value is -3.00. The third kappa shape index (κ3) is 4.60. The number of carboxylic acid groups (broad SMARTS) is 1. The average Bonchev–Trinajstić information content (AvgIpc) is 3.15. The lowest BCUT2D eigenvalue weighted by Crippen LogP contribution is -2.32. The molecule has 0 radical (unpaired) electrons. The van der Waals surface area contributed by atoms with Gasteiger partial charge >= 0.3 is 5.97 Å². The van der Waals surface area contributed by atoms with Crippen LogP contribution in [0.5, 0.6) is 0 Å². The van der Waals surface area contributed by atoms with Gasteiger partial charge in [0, 0.05) is 17.5 Å². The van der Waals surface area contributed by atoms with Crippen LogP contribution in [-0.4, -0.2) is 26.5 Å². The van der Waals surface area contributed by atoms with Crippen LogP contribution >= 0.6 is 11.3 Å². The SMILES string of the molecule is CCCc1nc2scc(C(=O)O)c2c(=O)n1CC(=O)Nc1c(C(C)C)cccc1C(C)C. The smallest absolute Gasteiger partial charge is 0.337 e. The lowest BCUT2D eigenvalue weighted by molar-refractivity contribution is -0.116. The fourth-order valence-corrected chi connectivity index (χ4v) is 4.74. The van der Waals surface area contributed by atoms with Gasteiger partial charge in [0.1, 0.15) is 17.2 Å². The Morgan fingerprint density at radius 2 is 1.78 bits per heavy atom. The van der Waals surface area contributed by atoms with E-state index in [1.807, 2.05) is 25.1 Å². The summed E-state index contributed by atoms with van der Waals surface area (Å²) in [5, 5.41) is 14.0. The number of carbonyl (C=O) groups is 2. The number of aryl methyl sites for hydroxylation is 1.